The first-order chi connectivity index (χ1) is 18.4. The number of hydrogen-bond acceptors (Lipinski definition) is 6. The van der Waals surface area contributed by atoms with Gasteiger partial charge in [0.2, 0.25) is 5.91 Å². The van der Waals surface area contributed by atoms with Gasteiger partial charge in [-0.3, -0.25) is 9.59 Å². The highest BCUT2D eigenvalue weighted by atomic mass is 32.2. The Bertz CT molecular complexity index is 1690. The van der Waals surface area contributed by atoms with Gasteiger partial charge >= 0.3 is 0 Å². The monoisotopic (exact) mass is 555 g/mol. The first-order valence-electron chi connectivity index (χ1n) is 12.3. The summed E-state index contributed by atoms with van der Waals surface area (Å²) in [7, 11) is -0.0871. The minimum atomic E-state index is -3.64. The van der Waals surface area contributed by atoms with Crippen LogP contribution < -0.4 is 10.3 Å². The van der Waals surface area contributed by atoms with Gasteiger partial charge < -0.3 is 19.1 Å². The Balaban J connectivity index is 1.64. The van der Waals surface area contributed by atoms with Crippen LogP contribution in [0.25, 0.3) is 17.2 Å². The largest absolute Gasteiger partial charge is 0.454 e. The maximum Gasteiger partial charge on any atom is 0.254 e. The molecule has 1 aliphatic heterocycles. The van der Waals surface area contributed by atoms with Crippen molar-refractivity contribution in [2.45, 2.75) is 11.3 Å². The van der Waals surface area contributed by atoms with Crippen LogP contribution >= 0.6 is 0 Å². The average molecular weight is 556 g/mol. The number of amides is 1. The van der Waals surface area contributed by atoms with Crippen molar-refractivity contribution >= 4 is 21.8 Å². The van der Waals surface area contributed by atoms with Crippen LogP contribution in [0.5, 0.6) is 11.5 Å². The minimum absolute atomic E-state index is 0.0113. The molecule has 0 spiro atoms. The van der Waals surface area contributed by atoms with Crippen molar-refractivity contribution in [2.24, 2.45) is 7.05 Å². The fourth-order valence-electron chi connectivity index (χ4n) is 4.84. The highest BCUT2D eigenvalue weighted by molar-refractivity contribution is 7.90. The van der Waals surface area contributed by atoms with E-state index in [-0.39, 0.29) is 39.8 Å². The zero-order chi connectivity index (χ0) is 28.1. The number of hydrogen-bond donors (Lipinski definition) is 0. The summed E-state index contributed by atoms with van der Waals surface area (Å²) >= 11 is 0. The molecule has 8 nitrogen and oxygen atoms in total. The maximum absolute atomic E-state index is 14.5. The summed E-state index contributed by atoms with van der Waals surface area (Å²) in [4.78, 5) is 30.3. The van der Waals surface area contributed by atoms with E-state index in [1.807, 2.05) is 7.05 Å². The molecular formula is C28H27F2N3O5S. The van der Waals surface area contributed by atoms with Gasteiger partial charge in [0.25, 0.3) is 5.56 Å². The molecule has 0 atom stereocenters. The van der Waals surface area contributed by atoms with Crippen molar-refractivity contribution in [3.8, 4) is 22.6 Å². The smallest absolute Gasteiger partial charge is 0.254 e. The molecule has 0 bridgehead atoms. The molecule has 2 aliphatic rings. The maximum atomic E-state index is 14.5. The summed E-state index contributed by atoms with van der Waals surface area (Å²) in [5.74, 6) is -2.01. The van der Waals surface area contributed by atoms with Gasteiger partial charge in [-0.2, -0.15) is 0 Å². The Morgan fingerprint density at radius 3 is 2.31 bits per heavy atom. The molecule has 0 radical (unpaired) electrons. The molecule has 1 saturated heterocycles. The third-order valence-corrected chi connectivity index (χ3v) is 8.16. The molecule has 1 aromatic heterocycles. The van der Waals surface area contributed by atoms with Crippen LogP contribution in [0.3, 0.4) is 0 Å². The Hall–Kier alpha value is -3.83. The second-order valence-electron chi connectivity index (χ2n) is 9.90. The number of carbonyl (C=O) groups excluding carboxylic acids is 1. The highest BCUT2D eigenvalue weighted by Crippen LogP contribution is 2.40. The van der Waals surface area contributed by atoms with Crippen molar-refractivity contribution < 1.29 is 26.7 Å². The van der Waals surface area contributed by atoms with Crippen molar-refractivity contribution in [3.63, 3.8) is 0 Å². The van der Waals surface area contributed by atoms with E-state index in [1.165, 1.54) is 29.0 Å². The second kappa shape index (κ2) is 10.0. The van der Waals surface area contributed by atoms with Gasteiger partial charge in [0.15, 0.2) is 21.4 Å². The Kier molecular flexibility index (Phi) is 6.90. The van der Waals surface area contributed by atoms with Crippen molar-refractivity contribution in [1.82, 2.24) is 14.4 Å². The van der Waals surface area contributed by atoms with E-state index in [0.717, 1.165) is 31.5 Å². The first kappa shape index (κ1) is 26.8. The standard InChI is InChI=1S/C28H27F2N3O5S/c1-31-8-10-33(11-9-31)27(34)17-12-20-22(13-17)28(35)32(2)16-23(20)21-15-19(39(3,36)37)5-7-25(21)38-26-6-4-18(29)14-24(26)30/h4-7,12,14-16H,8-11,13H2,1-3H3. The Labute approximate surface area is 224 Å². The topological polar surface area (TPSA) is 88.9 Å². The molecule has 0 saturated carbocycles. The molecule has 2 aromatic carbocycles. The number of sulfone groups is 1. The van der Waals surface area contributed by atoms with E-state index >= 15 is 0 Å². The number of halogens is 2. The second-order valence-corrected chi connectivity index (χ2v) is 11.9. The number of ether oxygens (including phenoxy) is 1. The zero-order valence-corrected chi connectivity index (χ0v) is 22.5. The summed E-state index contributed by atoms with van der Waals surface area (Å²) in [6.45, 7) is 2.65. The number of pyridine rings is 1. The van der Waals surface area contributed by atoms with E-state index < -0.39 is 21.5 Å². The van der Waals surface area contributed by atoms with Crippen LogP contribution in [0.1, 0.15) is 11.1 Å². The molecule has 1 aliphatic carbocycles. The minimum Gasteiger partial charge on any atom is -0.454 e. The van der Waals surface area contributed by atoms with Gasteiger partial charge in [0, 0.05) is 80.4 Å². The van der Waals surface area contributed by atoms with Gasteiger partial charge in [-0.25, -0.2) is 17.2 Å². The summed E-state index contributed by atoms with van der Waals surface area (Å²) in [5, 5.41) is 0. The molecule has 1 amide bonds. The molecule has 11 heteroatoms. The summed E-state index contributed by atoms with van der Waals surface area (Å²) in [6, 6.07) is 6.97. The van der Waals surface area contributed by atoms with Crippen LogP contribution in [0.4, 0.5) is 8.78 Å². The normalized spacial score (nSPS) is 15.7. The number of benzene rings is 2. The van der Waals surface area contributed by atoms with Crippen molar-refractivity contribution in [3.05, 3.63) is 81.3 Å². The fraction of sp³-hybridized carbons (Fsp3) is 0.286. The van der Waals surface area contributed by atoms with E-state index in [4.69, 9.17) is 4.74 Å². The predicted octanol–water partition coefficient (Wildman–Crippen LogP) is 3.24. The lowest BCUT2D eigenvalue weighted by molar-refractivity contribution is -0.128. The van der Waals surface area contributed by atoms with E-state index in [9.17, 15) is 26.8 Å². The number of fused-ring (bicyclic) bond motifs is 1. The van der Waals surface area contributed by atoms with E-state index in [0.29, 0.717) is 41.4 Å². The lowest BCUT2D eigenvalue weighted by Crippen LogP contribution is -2.47. The van der Waals surface area contributed by atoms with Crippen molar-refractivity contribution in [1.29, 1.82) is 0 Å². The molecule has 1 fully saturated rings. The number of aryl methyl sites for hydroxylation is 1. The zero-order valence-electron chi connectivity index (χ0n) is 21.7. The number of piperazine rings is 1. The Morgan fingerprint density at radius 1 is 0.949 bits per heavy atom. The van der Waals surface area contributed by atoms with Gasteiger partial charge in [-0.15, -0.1) is 0 Å². The van der Waals surface area contributed by atoms with Crippen molar-refractivity contribution in [2.75, 3.05) is 39.5 Å². The van der Waals surface area contributed by atoms with Gasteiger partial charge in [-0.1, -0.05) is 0 Å². The number of aromatic nitrogens is 1. The van der Waals surface area contributed by atoms with Crippen LogP contribution in [0.2, 0.25) is 0 Å². The first-order valence-corrected chi connectivity index (χ1v) is 14.2. The average Bonchev–Trinajstić information content (AvgIpc) is 3.33. The molecule has 0 N–H and O–H groups in total. The quantitative estimate of drug-likeness (QED) is 0.481. The third kappa shape index (κ3) is 5.24. The predicted molar refractivity (Wildman–Crippen MR) is 142 cm³/mol. The lowest BCUT2D eigenvalue weighted by Gasteiger charge is -2.32. The van der Waals surface area contributed by atoms with Gasteiger partial charge in [-0.05, 0) is 49.0 Å². The highest BCUT2D eigenvalue weighted by Gasteiger charge is 2.30. The molecular weight excluding hydrogens is 528 g/mol. The molecule has 2 heterocycles. The van der Waals surface area contributed by atoms with Crippen LogP contribution in [0.15, 0.2) is 57.9 Å². The summed E-state index contributed by atoms with van der Waals surface area (Å²) in [6.07, 6.45) is 4.40. The molecule has 5 rings (SSSR count). The van der Waals surface area contributed by atoms with Gasteiger partial charge in [0.1, 0.15) is 11.6 Å². The molecule has 3 aromatic rings. The summed E-state index contributed by atoms with van der Waals surface area (Å²) < 4.78 is 59.9. The number of carbonyl (C=O) groups is 1. The molecule has 0 unspecified atom stereocenters. The number of likely N-dealkylation sites (N-methyl/N-ethyl adjacent to an activating group) is 1. The van der Waals surface area contributed by atoms with Gasteiger partial charge in [0.05, 0.1) is 4.90 Å². The number of rotatable bonds is 5. The SMILES string of the molecule is CN1CCN(C(=O)C2=Cc3c(-c4cc(S(C)(=O)=O)ccc4Oc4ccc(F)cc4F)cn(C)c(=O)c3C2)CC1. The van der Waals surface area contributed by atoms with Crippen LogP contribution in [-0.2, 0) is 28.1 Å². The third-order valence-electron chi connectivity index (χ3n) is 7.05. The van der Waals surface area contributed by atoms with E-state index in [2.05, 4.69) is 4.90 Å². The van der Waals surface area contributed by atoms with E-state index in [1.54, 1.807) is 18.0 Å². The lowest BCUT2D eigenvalue weighted by atomic mass is 9.98. The molecule has 39 heavy (non-hydrogen) atoms. The van der Waals surface area contributed by atoms with Crippen LogP contribution in [0, 0.1) is 11.6 Å². The van der Waals surface area contributed by atoms with Crippen LogP contribution in [-0.4, -0.2) is 68.2 Å². The number of nitrogens with zero attached hydrogens (tertiary/aromatic N) is 3. The fourth-order valence-corrected chi connectivity index (χ4v) is 5.49. The Morgan fingerprint density at radius 2 is 1.64 bits per heavy atom. The molecule has 204 valence electrons. The summed E-state index contributed by atoms with van der Waals surface area (Å²) in [5.41, 5.74) is 1.78.